The van der Waals surface area contributed by atoms with E-state index in [0.717, 1.165) is 25.8 Å². The maximum atomic E-state index is 12.1. The molecule has 0 aromatic carbocycles. The summed E-state index contributed by atoms with van der Waals surface area (Å²) in [5.41, 5.74) is 0. The van der Waals surface area contributed by atoms with Crippen molar-refractivity contribution in [2.45, 2.75) is 31.7 Å². The van der Waals surface area contributed by atoms with Crippen LogP contribution >= 0.6 is 0 Å². The van der Waals surface area contributed by atoms with Gasteiger partial charge < -0.3 is 14.4 Å². The Kier molecular flexibility index (Phi) is 3.62. The number of carbonyl (C=O) groups is 1. The van der Waals surface area contributed by atoms with E-state index in [-0.39, 0.29) is 18.6 Å². The van der Waals surface area contributed by atoms with Gasteiger partial charge in [0.1, 0.15) is 0 Å². The molecule has 1 saturated heterocycles. The van der Waals surface area contributed by atoms with Crippen molar-refractivity contribution in [2.75, 3.05) is 13.2 Å². The Hall–Kier alpha value is -1.29. The van der Waals surface area contributed by atoms with Crippen molar-refractivity contribution < 1.29 is 14.3 Å². The number of likely N-dealkylation sites (tertiary alicyclic amines) is 1. The molecule has 1 N–H and O–H groups in total. The van der Waals surface area contributed by atoms with Crippen molar-refractivity contribution in [3.8, 4) is 0 Å². The first kappa shape index (κ1) is 11.2. The third-order valence-corrected chi connectivity index (χ3v) is 3.08. The highest BCUT2D eigenvalue weighted by Crippen LogP contribution is 2.21. The zero-order valence-electron chi connectivity index (χ0n) is 9.26. The van der Waals surface area contributed by atoms with Gasteiger partial charge in [-0.1, -0.05) is 0 Å². The lowest BCUT2D eigenvalue weighted by molar-refractivity contribution is 0.0543. The molecule has 88 valence electrons. The van der Waals surface area contributed by atoms with Crippen LogP contribution in [0.1, 0.15) is 36.2 Å². The lowest BCUT2D eigenvalue weighted by atomic mass is 9.99. The van der Waals surface area contributed by atoms with Gasteiger partial charge in [-0.15, -0.1) is 0 Å². The van der Waals surface area contributed by atoms with Gasteiger partial charge in [0.2, 0.25) is 0 Å². The molecule has 1 fully saturated rings. The fourth-order valence-corrected chi connectivity index (χ4v) is 2.26. The van der Waals surface area contributed by atoms with Gasteiger partial charge in [0.05, 0.1) is 6.26 Å². The van der Waals surface area contributed by atoms with Crippen LogP contribution in [0.2, 0.25) is 0 Å². The van der Waals surface area contributed by atoms with Crippen molar-refractivity contribution in [3.63, 3.8) is 0 Å². The number of aliphatic hydroxyl groups excluding tert-OH is 1. The predicted octanol–water partition coefficient (Wildman–Crippen LogP) is 1.66. The van der Waals surface area contributed by atoms with Crippen LogP contribution in [0.15, 0.2) is 22.8 Å². The molecule has 0 spiro atoms. The van der Waals surface area contributed by atoms with Crippen molar-refractivity contribution >= 4 is 5.91 Å². The van der Waals surface area contributed by atoms with Crippen LogP contribution in [-0.2, 0) is 0 Å². The first-order valence-corrected chi connectivity index (χ1v) is 5.78. The molecule has 1 amide bonds. The number of carbonyl (C=O) groups excluding carboxylic acids is 1. The van der Waals surface area contributed by atoms with Gasteiger partial charge in [-0.25, -0.2) is 0 Å². The first-order chi connectivity index (χ1) is 7.83. The highest BCUT2D eigenvalue weighted by molar-refractivity contribution is 5.91. The average molecular weight is 223 g/mol. The highest BCUT2D eigenvalue weighted by atomic mass is 16.3. The van der Waals surface area contributed by atoms with E-state index in [1.165, 1.54) is 6.26 Å². The molecule has 1 atom stereocenters. The fraction of sp³-hybridized carbons (Fsp3) is 0.583. The molecule has 0 saturated carbocycles. The van der Waals surface area contributed by atoms with Crippen LogP contribution in [0, 0.1) is 0 Å². The van der Waals surface area contributed by atoms with Crippen molar-refractivity contribution in [1.29, 1.82) is 0 Å². The molecule has 4 heteroatoms. The van der Waals surface area contributed by atoms with E-state index >= 15 is 0 Å². The molecule has 4 nitrogen and oxygen atoms in total. The van der Waals surface area contributed by atoms with E-state index in [2.05, 4.69) is 0 Å². The molecule has 16 heavy (non-hydrogen) atoms. The SMILES string of the molecule is O=C(c1ccco1)N1CCCCC1CCO. The maximum absolute atomic E-state index is 12.1. The Balaban J connectivity index is 2.08. The number of amides is 1. The summed E-state index contributed by atoms with van der Waals surface area (Å²) in [6.45, 7) is 0.900. The summed E-state index contributed by atoms with van der Waals surface area (Å²) in [5, 5.41) is 8.99. The van der Waals surface area contributed by atoms with Crippen molar-refractivity contribution in [1.82, 2.24) is 4.90 Å². The number of aliphatic hydroxyl groups is 1. The predicted molar refractivity (Wildman–Crippen MR) is 59.1 cm³/mol. The summed E-state index contributed by atoms with van der Waals surface area (Å²) >= 11 is 0. The molecule has 1 aliphatic heterocycles. The number of hydrogen-bond acceptors (Lipinski definition) is 3. The first-order valence-electron chi connectivity index (χ1n) is 5.78. The molecule has 1 aromatic rings. The molecule has 1 aliphatic rings. The van der Waals surface area contributed by atoms with Gasteiger partial charge in [0.15, 0.2) is 5.76 Å². The van der Waals surface area contributed by atoms with Crippen molar-refractivity contribution in [3.05, 3.63) is 24.2 Å². The lowest BCUT2D eigenvalue weighted by Crippen LogP contribution is -2.44. The van der Waals surface area contributed by atoms with Gasteiger partial charge in [0.25, 0.3) is 5.91 Å². The molecule has 1 aromatic heterocycles. The maximum Gasteiger partial charge on any atom is 0.289 e. The molecule has 0 radical (unpaired) electrons. The summed E-state index contributed by atoms with van der Waals surface area (Å²) in [4.78, 5) is 13.9. The summed E-state index contributed by atoms with van der Waals surface area (Å²) in [6.07, 6.45) is 5.32. The van der Waals surface area contributed by atoms with E-state index in [4.69, 9.17) is 9.52 Å². The number of piperidine rings is 1. The highest BCUT2D eigenvalue weighted by Gasteiger charge is 2.28. The van der Waals surface area contributed by atoms with Gasteiger partial charge in [-0.3, -0.25) is 4.79 Å². The van der Waals surface area contributed by atoms with Crippen LogP contribution in [0.25, 0.3) is 0 Å². The minimum Gasteiger partial charge on any atom is -0.459 e. The molecular formula is C12H17NO3. The van der Waals surface area contributed by atoms with Gasteiger partial charge in [-0.05, 0) is 37.8 Å². The second-order valence-electron chi connectivity index (χ2n) is 4.14. The third-order valence-electron chi connectivity index (χ3n) is 3.08. The van der Waals surface area contributed by atoms with Crippen molar-refractivity contribution in [2.24, 2.45) is 0 Å². The van der Waals surface area contributed by atoms with Gasteiger partial charge >= 0.3 is 0 Å². The summed E-state index contributed by atoms with van der Waals surface area (Å²) < 4.78 is 5.12. The Morgan fingerprint density at radius 3 is 3.12 bits per heavy atom. The molecule has 0 aliphatic carbocycles. The van der Waals surface area contributed by atoms with Crippen LogP contribution < -0.4 is 0 Å². The minimum absolute atomic E-state index is 0.0526. The van der Waals surface area contributed by atoms with E-state index in [0.29, 0.717) is 12.2 Å². The smallest absolute Gasteiger partial charge is 0.289 e. The number of rotatable bonds is 3. The summed E-state index contributed by atoms with van der Waals surface area (Å²) in [7, 11) is 0. The normalized spacial score (nSPS) is 21.1. The Labute approximate surface area is 94.9 Å². The van der Waals surface area contributed by atoms with Gasteiger partial charge in [-0.2, -0.15) is 0 Å². The minimum atomic E-state index is -0.0526. The summed E-state index contributed by atoms with van der Waals surface area (Å²) in [5.74, 6) is 0.341. The molecule has 2 rings (SSSR count). The molecule has 1 unspecified atom stereocenters. The largest absolute Gasteiger partial charge is 0.459 e. The molecule has 0 bridgehead atoms. The molecular weight excluding hydrogens is 206 g/mol. The zero-order chi connectivity index (χ0) is 11.4. The number of hydrogen-bond donors (Lipinski definition) is 1. The van der Waals surface area contributed by atoms with Crippen LogP contribution in [0.3, 0.4) is 0 Å². The third kappa shape index (κ3) is 2.27. The van der Waals surface area contributed by atoms with E-state index in [9.17, 15) is 4.79 Å². The topological polar surface area (TPSA) is 53.7 Å². The zero-order valence-corrected chi connectivity index (χ0v) is 9.26. The van der Waals surface area contributed by atoms with Crippen LogP contribution in [-0.4, -0.2) is 35.1 Å². The Morgan fingerprint density at radius 1 is 1.56 bits per heavy atom. The quantitative estimate of drug-likeness (QED) is 0.847. The van der Waals surface area contributed by atoms with E-state index in [1.807, 2.05) is 4.90 Å². The monoisotopic (exact) mass is 223 g/mol. The van der Waals surface area contributed by atoms with Crippen LogP contribution in [0.5, 0.6) is 0 Å². The molecule has 2 heterocycles. The average Bonchev–Trinajstić information content (AvgIpc) is 2.83. The second-order valence-corrected chi connectivity index (χ2v) is 4.14. The standard InChI is InChI=1S/C12H17NO3/c14-8-6-10-4-1-2-7-13(10)12(15)11-5-3-9-16-11/h3,5,9-10,14H,1-2,4,6-8H2. The number of furan rings is 1. The van der Waals surface area contributed by atoms with Gasteiger partial charge in [0, 0.05) is 19.2 Å². The summed E-state index contributed by atoms with van der Waals surface area (Å²) in [6, 6.07) is 3.57. The Bertz CT molecular complexity index is 332. The number of nitrogens with zero attached hydrogens (tertiary/aromatic N) is 1. The van der Waals surface area contributed by atoms with Crippen LogP contribution in [0.4, 0.5) is 0 Å². The second kappa shape index (κ2) is 5.16. The lowest BCUT2D eigenvalue weighted by Gasteiger charge is -2.34. The van der Waals surface area contributed by atoms with E-state index < -0.39 is 0 Å². The Morgan fingerprint density at radius 2 is 2.44 bits per heavy atom. The van der Waals surface area contributed by atoms with E-state index in [1.54, 1.807) is 12.1 Å². The fourth-order valence-electron chi connectivity index (χ4n) is 2.26.